The summed E-state index contributed by atoms with van der Waals surface area (Å²) in [5, 5.41) is 9.69. The van der Waals surface area contributed by atoms with Crippen LogP contribution in [0.1, 0.15) is 24.8 Å². The normalized spacial score (nSPS) is 24.0. The molecule has 1 aromatic carbocycles. The molecule has 2 fully saturated rings. The Hall–Kier alpha value is -1.59. The molecule has 0 unspecified atom stereocenters. The third-order valence-corrected chi connectivity index (χ3v) is 5.76. The fraction of sp³-hybridized carbons (Fsp3) is 0.667. The SMILES string of the molecule is CN(C)c1ccc(CC(=O)N2C[C@@H](CO)C[C@@H](CN3CCCC3)C2)cc1. The zero-order valence-electron chi connectivity index (χ0n) is 16.2. The molecule has 0 aromatic heterocycles. The predicted octanol–water partition coefficient (Wildman–Crippen LogP) is 1.85. The van der Waals surface area contributed by atoms with Gasteiger partial charge in [-0.1, -0.05) is 12.1 Å². The van der Waals surface area contributed by atoms with E-state index in [1.165, 1.54) is 25.9 Å². The number of aliphatic hydroxyl groups excluding tert-OH is 1. The van der Waals surface area contributed by atoms with Gasteiger partial charge in [0.15, 0.2) is 0 Å². The summed E-state index contributed by atoms with van der Waals surface area (Å²) in [5.41, 5.74) is 2.20. The highest BCUT2D eigenvalue weighted by Crippen LogP contribution is 2.25. The Morgan fingerprint density at radius 3 is 2.38 bits per heavy atom. The van der Waals surface area contributed by atoms with E-state index in [1.807, 2.05) is 31.1 Å². The molecular formula is C21H33N3O2. The molecule has 0 aliphatic carbocycles. The monoisotopic (exact) mass is 359 g/mol. The average molecular weight is 360 g/mol. The van der Waals surface area contributed by atoms with Crippen LogP contribution in [0.5, 0.6) is 0 Å². The molecule has 2 atom stereocenters. The van der Waals surface area contributed by atoms with Crippen molar-refractivity contribution >= 4 is 11.6 Å². The number of benzene rings is 1. The van der Waals surface area contributed by atoms with Gasteiger partial charge in [-0.25, -0.2) is 0 Å². The minimum absolute atomic E-state index is 0.178. The van der Waals surface area contributed by atoms with Gasteiger partial charge in [0.2, 0.25) is 5.91 Å². The summed E-state index contributed by atoms with van der Waals surface area (Å²) >= 11 is 0. The second-order valence-electron chi connectivity index (χ2n) is 8.19. The first-order valence-electron chi connectivity index (χ1n) is 9.92. The van der Waals surface area contributed by atoms with Crippen LogP contribution >= 0.6 is 0 Å². The van der Waals surface area contributed by atoms with Crippen molar-refractivity contribution in [1.82, 2.24) is 9.80 Å². The summed E-state index contributed by atoms with van der Waals surface area (Å²) in [5.74, 6) is 0.891. The molecule has 144 valence electrons. The summed E-state index contributed by atoms with van der Waals surface area (Å²) in [6, 6.07) is 8.21. The molecule has 2 heterocycles. The lowest BCUT2D eigenvalue weighted by molar-refractivity contribution is -0.134. The number of hydrogen-bond donors (Lipinski definition) is 1. The molecule has 0 spiro atoms. The van der Waals surface area contributed by atoms with E-state index in [2.05, 4.69) is 21.9 Å². The Labute approximate surface area is 157 Å². The minimum Gasteiger partial charge on any atom is -0.396 e. The summed E-state index contributed by atoms with van der Waals surface area (Å²) in [6.45, 7) is 5.15. The third kappa shape index (κ3) is 4.98. The van der Waals surface area contributed by atoms with Gasteiger partial charge in [-0.3, -0.25) is 4.79 Å². The van der Waals surface area contributed by atoms with Gasteiger partial charge >= 0.3 is 0 Å². The molecule has 3 rings (SSSR count). The Morgan fingerprint density at radius 2 is 1.77 bits per heavy atom. The molecule has 2 aliphatic rings. The molecule has 0 radical (unpaired) electrons. The molecule has 2 aliphatic heterocycles. The molecule has 26 heavy (non-hydrogen) atoms. The van der Waals surface area contributed by atoms with Crippen LogP contribution in [0.3, 0.4) is 0 Å². The number of rotatable bonds is 6. The second-order valence-corrected chi connectivity index (χ2v) is 8.19. The third-order valence-electron chi connectivity index (χ3n) is 5.76. The predicted molar refractivity (Wildman–Crippen MR) is 105 cm³/mol. The van der Waals surface area contributed by atoms with Crippen LogP contribution in [-0.2, 0) is 11.2 Å². The van der Waals surface area contributed by atoms with Gasteiger partial charge < -0.3 is 19.8 Å². The summed E-state index contributed by atoms with van der Waals surface area (Å²) in [7, 11) is 4.03. The van der Waals surface area contributed by atoms with Crippen molar-refractivity contribution < 1.29 is 9.90 Å². The van der Waals surface area contributed by atoms with Gasteiger partial charge in [-0.05, 0) is 61.9 Å². The van der Waals surface area contributed by atoms with Crippen LogP contribution in [-0.4, -0.2) is 74.2 Å². The maximum atomic E-state index is 12.9. The minimum atomic E-state index is 0.178. The van der Waals surface area contributed by atoms with E-state index >= 15 is 0 Å². The number of carbonyl (C=O) groups excluding carboxylic acids is 1. The standard InChI is InChI=1S/C21H33N3O2/c1-22(2)20-7-5-17(6-8-20)12-21(26)24-14-18(11-19(15-24)16-25)13-23-9-3-4-10-23/h5-8,18-19,25H,3-4,9-16H2,1-2H3/t18-,19-/m0/s1. The molecule has 1 aromatic rings. The Balaban J connectivity index is 1.59. The highest BCUT2D eigenvalue weighted by Gasteiger charge is 2.31. The second kappa shape index (κ2) is 8.87. The first-order valence-corrected chi connectivity index (χ1v) is 9.92. The van der Waals surface area contributed by atoms with Crippen LogP contribution in [0.15, 0.2) is 24.3 Å². The van der Waals surface area contributed by atoms with Gasteiger partial charge in [0.05, 0.1) is 6.42 Å². The number of anilines is 1. The van der Waals surface area contributed by atoms with E-state index in [0.717, 1.165) is 30.8 Å². The highest BCUT2D eigenvalue weighted by molar-refractivity contribution is 5.79. The number of likely N-dealkylation sites (tertiary alicyclic amines) is 2. The highest BCUT2D eigenvalue weighted by atomic mass is 16.3. The number of hydrogen-bond acceptors (Lipinski definition) is 4. The van der Waals surface area contributed by atoms with E-state index in [4.69, 9.17) is 0 Å². The number of aliphatic hydroxyl groups is 1. The van der Waals surface area contributed by atoms with Crippen molar-refractivity contribution in [2.75, 3.05) is 58.3 Å². The molecule has 1 amide bonds. The van der Waals surface area contributed by atoms with E-state index in [-0.39, 0.29) is 18.4 Å². The van der Waals surface area contributed by atoms with Gasteiger partial charge in [0.1, 0.15) is 0 Å². The first kappa shape index (κ1) is 19.2. The number of amides is 1. The van der Waals surface area contributed by atoms with Crippen LogP contribution < -0.4 is 4.90 Å². The summed E-state index contributed by atoms with van der Waals surface area (Å²) in [6.07, 6.45) is 4.07. The van der Waals surface area contributed by atoms with Crippen LogP contribution in [0.25, 0.3) is 0 Å². The lowest BCUT2D eigenvalue weighted by Crippen LogP contribution is -2.48. The zero-order chi connectivity index (χ0) is 18.5. The fourth-order valence-corrected chi connectivity index (χ4v) is 4.32. The molecule has 5 nitrogen and oxygen atoms in total. The fourth-order valence-electron chi connectivity index (χ4n) is 4.32. The Morgan fingerprint density at radius 1 is 1.12 bits per heavy atom. The van der Waals surface area contributed by atoms with Crippen molar-refractivity contribution in [3.05, 3.63) is 29.8 Å². The van der Waals surface area contributed by atoms with Crippen LogP contribution in [0.2, 0.25) is 0 Å². The van der Waals surface area contributed by atoms with Gasteiger partial charge in [-0.15, -0.1) is 0 Å². The first-order chi connectivity index (χ1) is 12.5. The van der Waals surface area contributed by atoms with E-state index in [1.54, 1.807) is 0 Å². The maximum absolute atomic E-state index is 12.9. The van der Waals surface area contributed by atoms with E-state index in [9.17, 15) is 9.90 Å². The van der Waals surface area contributed by atoms with Gasteiger partial charge in [0, 0.05) is 46.0 Å². The molecular weight excluding hydrogens is 326 g/mol. The zero-order valence-corrected chi connectivity index (χ0v) is 16.2. The maximum Gasteiger partial charge on any atom is 0.227 e. The molecule has 5 heteroatoms. The number of nitrogens with zero attached hydrogens (tertiary/aromatic N) is 3. The largest absolute Gasteiger partial charge is 0.396 e. The summed E-state index contributed by atoms with van der Waals surface area (Å²) in [4.78, 5) is 19.4. The summed E-state index contributed by atoms with van der Waals surface area (Å²) < 4.78 is 0. The lowest BCUT2D eigenvalue weighted by Gasteiger charge is -2.38. The van der Waals surface area contributed by atoms with Gasteiger partial charge in [-0.2, -0.15) is 0 Å². The van der Waals surface area contributed by atoms with E-state index < -0.39 is 0 Å². The Bertz CT molecular complexity index is 581. The Kier molecular flexibility index (Phi) is 6.54. The van der Waals surface area contributed by atoms with Crippen molar-refractivity contribution in [1.29, 1.82) is 0 Å². The van der Waals surface area contributed by atoms with Gasteiger partial charge in [0.25, 0.3) is 0 Å². The molecule has 1 N–H and O–H groups in total. The van der Waals surface area contributed by atoms with Crippen LogP contribution in [0.4, 0.5) is 5.69 Å². The van der Waals surface area contributed by atoms with E-state index in [0.29, 0.717) is 18.9 Å². The number of carbonyl (C=O) groups is 1. The molecule has 0 bridgehead atoms. The smallest absolute Gasteiger partial charge is 0.227 e. The molecule has 0 saturated carbocycles. The van der Waals surface area contributed by atoms with Crippen molar-refractivity contribution in [2.45, 2.75) is 25.7 Å². The number of piperidine rings is 1. The van der Waals surface area contributed by atoms with Crippen molar-refractivity contribution in [2.24, 2.45) is 11.8 Å². The lowest BCUT2D eigenvalue weighted by atomic mass is 9.89. The topological polar surface area (TPSA) is 47.0 Å². The van der Waals surface area contributed by atoms with Crippen molar-refractivity contribution in [3.8, 4) is 0 Å². The molecule has 2 saturated heterocycles. The quantitative estimate of drug-likeness (QED) is 0.842. The average Bonchev–Trinajstić information content (AvgIpc) is 3.14. The van der Waals surface area contributed by atoms with Crippen LogP contribution in [0, 0.1) is 11.8 Å². The van der Waals surface area contributed by atoms with Crippen molar-refractivity contribution in [3.63, 3.8) is 0 Å².